The Labute approximate surface area is 148 Å². The molecule has 0 aliphatic carbocycles. The van der Waals surface area contributed by atoms with Crippen molar-refractivity contribution in [2.24, 2.45) is 0 Å². The molecule has 136 valence electrons. The van der Waals surface area contributed by atoms with Crippen LogP contribution in [0.2, 0.25) is 0 Å². The number of hydrogen-bond donors (Lipinski definition) is 0. The molecule has 0 fully saturated rings. The van der Waals surface area contributed by atoms with Gasteiger partial charge in [-0.2, -0.15) is 13.2 Å². The quantitative estimate of drug-likeness (QED) is 0.379. The maximum absolute atomic E-state index is 13.7. The van der Waals surface area contributed by atoms with Crippen molar-refractivity contribution in [2.45, 2.75) is 23.5 Å². The molecule has 0 saturated heterocycles. The van der Waals surface area contributed by atoms with Crippen LogP contribution < -0.4 is 0 Å². The Hall–Kier alpha value is -2.49. The van der Waals surface area contributed by atoms with E-state index < -0.39 is 34.4 Å². The minimum absolute atomic E-state index is 0.0504. The fourth-order valence-corrected chi connectivity index (χ4v) is 3.14. The van der Waals surface area contributed by atoms with E-state index in [-0.39, 0.29) is 16.4 Å². The molecule has 26 heavy (non-hydrogen) atoms. The van der Waals surface area contributed by atoms with E-state index in [4.69, 9.17) is 0 Å². The number of hydrogen-bond acceptors (Lipinski definition) is 4. The van der Waals surface area contributed by atoms with Crippen LogP contribution in [-0.2, 0) is 6.18 Å². The number of nitrogens with zero attached hydrogens (tertiary/aromatic N) is 3. The summed E-state index contributed by atoms with van der Waals surface area (Å²) in [4.78, 5) is 12.3. The standard InChI is InChI=1S/C16H10F5N3OS/c1-8(14(25)11-4-3-10(17)6-12(11)18)26-15-23-22-13-5-2-9(7-24(13)15)16(19,20)21/h2-8H,1H3. The van der Waals surface area contributed by atoms with Gasteiger partial charge in [0.25, 0.3) is 0 Å². The van der Waals surface area contributed by atoms with Gasteiger partial charge in [-0.05, 0) is 31.2 Å². The van der Waals surface area contributed by atoms with Gasteiger partial charge >= 0.3 is 6.18 Å². The zero-order chi connectivity index (χ0) is 19.1. The third kappa shape index (κ3) is 3.55. The Bertz CT molecular complexity index is 986. The summed E-state index contributed by atoms with van der Waals surface area (Å²) >= 11 is 0.827. The molecule has 1 aromatic carbocycles. The topological polar surface area (TPSA) is 47.3 Å². The fourth-order valence-electron chi connectivity index (χ4n) is 2.24. The van der Waals surface area contributed by atoms with E-state index in [0.717, 1.165) is 46.6 Å². The van der Waals surface area contributed by atoms with Gasteiger partial charge in [0.05, 0.1) is 16.4 Å². The molecule has 10 heteroatoms. The lowest BCUT2D eigenvalue weighted by Gasteiger charge is -2.11. The summed E-state index contributed by atoms with van der Waals surface area (Å²) in [6.45, 7) is 1.45. The number of pyridine rings is 1. The molecule has 3 rings (SSSR count). The van der Waals surface area contributed by atoms with Crippen molar-refractivity contribution in [3.05, 3.63) is 59.3 Å². The van der Waals surface area contributed by atoms with Crippen molar-refractivity contribution in [3.8, 4) is 0 Å². The van der Waals surface area contributed by atoms with Crippen LogP contribution in [0.5, 0.6) is 0 Å². The third-order valence-electron chi connectivity index (χ3n) is 3.55. The van der Waals surface area contributed by atoms with Gasteiger partial charge in [-0.3, -0.25) is 9.20 Å². The highest BCUT2D eigenvalue weighted by Crippen LogP contribution is 2.31. The lowest BCUT2D eigenvalue weighted by Crippen LogP contribution is -2.16. The Kier molecular flexibility index (Phi) is 4.70. The van der Waals surface area contributed by atoms with Crippen molar-refractivity contribution < 1.29 is 26.7 Å². The summed E-state index contributed by atoms with van der Waals surface area (Å²) in [6, 6.07) is 4.60. The van der Waals surface area contributed by atoms with E-state index in [1.165, 1.54) is 6.92 Å². The lowest BCUT2D eigenvalue weighted by molar-refractivity contribution is -0.137. The van der Waals surface area contributed by atoms with Crippen LogP contribution >= 0.6 is 11.8 Å². The van der Waals surface area contributed by atoms with E-state index in [1.807, 2.05) is 0 Å². The third-order valence-corrected chi connectivity index (χ3v) is 4.60. The Morgan fingerprint density at radius 3 is 2.54 bits per heavy atom. The molecule has 2 heterocycles. The first-order valence-electron chi connectivity index (χ1n) is 7.24. The van der Waals surface area contributed by atoms with Crippen LogP contribution in [0.3, 0.4) is 0 Å². The maximum atomic E-state index is 13.7. The van der Waals surface area contributed by atoms with Crippen molar-refractivity contribution in [1.82, 2.24) is 14.6 Å². The van der Waals surface area contributed by atoms with Crippen LogP contribution in [0.15, 0.2) is 41.7 Å². The highest BCUT2D eigenvalue weighted by molar-refractivity contribution is 8.00. The highest BCUT2D eigenvalue weighted by Gasteiger charge is 2.31. The van der Waals surface area contributed by atoms with Gasteiger partial charge in [0.2, 0.25) is 0 Å². The molecule has 0 spiro atoms. The van der Waals surface area contributed by atoms with Gasteiger partial charge in [0.15, 0.2) is 16.6 Å². The van der Waals surface area contributed by atoms with Gasteiger partial charge in [-0.15, -0.1) is 10.2 Å². The molecule has 0 bridgehead atoms. The highest BCUT2D eigenvalue weighted by atomic mass is 32.2. The number of fused-ring (bicyclic) bond motifs is 1. The predicted octanol–water partition coefficient (Wildman–Crippen LogP) is 4.39. The minimum Gasteiger partial charge on any atom is -0.293 e. The van der Waals surface area contributed by atoms with Crippen molar-refractivity contribution in [1.29, 1.82) is 0 Å². The number of ketones is 1. The normalized spacial score (nSPS) is 13.2. The number of halogens is 5. The monoisotopic (exact) mass is 387 g/mol. The Morgan fingerprint density at radius 2 is 1.88 bits per heavy atom. The van der Waals surface area contributed by atoms with Gasteiger partial charge < -0.3 is 0 Å². The summed E-state index contributed by atoms with van der Waals surface area (Å²) in [7, 11) is 0. The smallest absolute Gasteiger partial charge is 0.293 e. The Balaban J connectivity index is 1.89. The van der Waals surface area contributed by atoms with Crippen LogP contribution in [0.1, 0.15) is 22.8 Å². The van der Waals surface area contributed by atoms with Gasteiger partial charge in [0, 0.05) is 12.3 Å². The number of carbonyl (C=O) groups is 1. The molecule has 0 saturated carbocycles. The zero-order valence-corrected chi connectivity index (χ0v) is 13.9. The largest absolute Gasteiger partial charge is 0.417 e. The number of rotatable bonds is 4. The van der Waals surface area contributed by atoms with Gasteiger partial charge in [0.1, 0.15) is 11.6 Å². The summed E-state index contributed by atoms with van der Waals surface area (Å²) in [5.74, 6) is -2.47. The van der Waals surface area contributed by atoms with Crippen molar-refractivity contribution in [2.75, 3.05) is 0 Å². The summed E-state index contributed by atoms with van der Waals surface area (Å²) in [5.41, 5.74) is -1.03. The molecule has 2 aromatic heterocycles. The molecule has 0 amide bonds. The molecule has 1 atom stereocenters. The molecular weight excluding hydrogens is 377 g/mol. The fraction of sp³-hybridized carbons (Fsp3) is 0.188. The molecular formula is C16H10F5N3OS. The average molecular weight is 387 g/mol. The molecule has 0 N–H and O–H groups in total. The summed E-state index contributed by atoms with van der Waals surface area (Å²) < 4.78 is 66.4. The molecule has 3 aromatic rings. The average Bonchev–Trinajstić information content (AvgIpc) is 2.95. The second kappa shape index (κ2) is 6.67. The SMILES string of the molecule is CC(Sc1nnc2ccc(C(F)(F)F)cn12)C(=O)c1ccc(F)cc1F. The van der Waals surface area contributed by atoms with E-state index in [2.05, 4.69) is 10.2 Å². The summed E-state index contributed by atoms with van der Waals surface area (Å²) in [6.07, 6.45) is -3.72. The van der Waals surface area contributed by atoms with Crippen LogP contribution in [0.4, 0.5) is 22.0 Å². The van der Waals surface area contributed by atoms with Crippen LogP contribution in [0, 0.1) is 11.6 Å². The van der Waals surface area contributed by atoms with E-state index in [0.29, 0.717) is 6.07 Å². The first-order chi connectivity index (χ1) is 12.2. The number of thioether (sulfide) groups is 1. The number of aromatic nitrogens is 3. The van der Waals surface area contributed by atoms with Crippen molar-refractivity contribution in [3.63, 3.8) is 0 Å². The molecule has 1 unspecified atom stereocenters. The summed E-state index contributed by atoms with van der Waals surface area (Å²) in [5, 5.41) is 6.69. The van der Waals surface area contributed by atoms with Crippen LogP contribution in [-0.4, -0.2) is 25.6 Å². The number of Topliss-reactive ketones (excluding diaryl/α,β-unsaturated/α-hetero) is 1. The lowest BCUT2D eigenvalue weighted by atomic mass is 10.1. The number of carbonyl (C=O) groups excluding carboxylic acids is 1. The first-order valence-corrected chi connectivity index (χ1v) is 8.12. The van der Waals surface area contributed by atoms with Crippen molar-refractivity contribution >= 4 is 23.2 Å². The molecule has 4 nitrogen and oxygen atoms in total. The second-order valence-corrected chi connectivity index (χ2v) is 6.68. The molecule has 0 aliphatic heterocycles. The van der Waals surface area contributed by atoms with Gasteiger partial charge in [-0.1, -0.05) is 11.8 Å². The number of benzene rings is 1. The van der Waals surface area contributed by atoms with Gasteiger partial charge in [-0.25, -0.2) is 8.78 Å². The molecule has 0 aliphatic rings. The van der Waals surface area contributed by atoms with E-state index in [9.17, 15) is 26.7 Å². The minimum atomic E-state index is -4.54. The molecule has 0 radical (unpaired) electrons. The van der Waals surface area contributed by atoms with E-state index in [1.54, 1.807) is 0 Å². The second-order valence-electron chi connectivity index (χ2n) is 5.37. The maximum Gasteiger partial charge on any atom is 0.417 e. The first kappa shape index (κ1) is 18.3. The number of alkyl halides is 3. The predicted molar refractivity (Wildman–Crippen MR) is 84.0 cm³/mol. The van der Waals surface area contributed by atoms with E-state index >= 15 is 0 Å². The Morgan fingerprint density at radius 1 is 1.15 bits per heavy atom. The zero-order valence-electron chi connectivity index (χ0n) is 13.1. The van der Waals surface area contributed by atoms with Crippen LogP contribution in [0.25, 0.3) is 5.65 Å².